The zero-order chi connectivity index (χ0) is 12.0. The van der Waals surface area contributed by atoms with Gasteiger partial charge in [0.25, 0.3) is 0 Å². The molecule has 3 nitrogen and oxygen atoms in total. The Morgan fingerprint density at radius 1 is 1.38 bits per heavy atom. The molecule has 0 saturated heterocycles. The second-order valence-electron chi connectivity index (χ2n) is 4.75. The van der Waals surface area contributed by atoms with Crippen LogP contribution in [0.2, 0.25) is 0 Å². The summed E-state index contributed by atoms with van der Waals surface area (Å²) in [5.74, 6) is 0.0698. The Kier molecular flexibility index (Phi) is 5.53. The summed E-state index contributed by atoms with van der Waals surface area (Å²) >= 11 is 0. The Balaban J connectivity index is 2.26. The fourth-order valence-corrected chi connectivity index (χ4v) is 2.20. The van der Waals surface area contributed by atoms with Gasteiger partial charge in [0.15, 0.2) is 0 Å². The van der Waals surface area contributed by atoms with Gasteiger partial charge >= 0.3 is 5.97 Å². The van der Waals surface area contributed by atoms with Crippen LogP contribution in [0.3, 0.4) is 0 Å². The molecule has 0 aromatic rings. The Morgan fingerprint density at radius 2 is 2.00 bits per heavy atom. The van der Waals surface area contributed by atoms with E-state index in [2.05, 4.69) is 12.2 Å². The standard InChI is InChI=1S/C13H23NO2/c1-3-11(13(15)16)8-9-14-12-6-4-10(2)5-7-12/h8,10,12,14H,3-7,9H2,1-2H3,(H,15,16). The van der Waals surface area contributed by atoms with Crippen LogP contribution >= 0.6 is 0 Å². The highest BCUT2D eigenvalue weighted by atomic mass is 16.4. The van der Waals surface area contributed by atoms with Crippen LogP contribution in [0.5, 0.6) is 0 Å². The molecule has 1 rings (SSSR count). The van der Waals surface area contributed by atoms with Crippen LogP contribution in [0, 0.1) is 5.92 Å². The van der Waals surface area contributed by atoms with Gasteiger partial charge in [0.2, 0.25) is 0 Å². The monoisotopic (exact) mass is 225 g/mol. The van der Waals surface area contributed by atoms with Gasteiger partial charge in [0.1, 0.15) is 0 Å². The molecule has 1 aliphatic carbocycles. The Bertz CT molecular complexity index is 253. The van der Waals surface area contributed by atoms with Gasteiger partial charge in [-0.05, 0) is 38.0 Å². The molecular weight excluding hydrogens is 202 g/mol. The number of hydrogen-bond donors (Lipinski definition) is 2. The molecule has 0 bridgehead atoms. The highest BCUT2D eigenvalue weighted by Crippen LogP contribution is 2.23. The number of aliphatic carboxylic acids is 1. The van der Waals surface area contributed by atoms with Crippen molar-refractivity contribution in [3.05, 3.63) is 11.6 Å². The largest absolute Gasteiger partial charge is 0.478 e. The summed E-state index contributed by atoms with van der Waals surface area (Å²) in [5.41, 5.74) is 0.511. The van der Waals surface area contributed by atoms with Gasteiger partial charge in [0, 0.05) is 18.2 Å². The summed E-state index contributed by atoms with van der Waals surface area (Å²) in [5, 5.41) is 12.3. The molecule has 0 aromatic carbocycles. The summed E-state index contributed by atoms with van der Waals surface area (Å²) in [6.45, 7) is 4.87. The molecule has 0 amide bonds. The maximum Gasteiger partial charge on any atom is 0.331 e. The predicted molar refractivity (Wildman–Crippen MR) is 65.4 cm³/mol. The van der Waals surface area contributed by atoms with Crippen LogP contribution in [0.1, 0.15) is 46.0 Å². The molecule has 0 aromatic heterocycles. The van der Waals surface area contributed by atoms with Gasteiger partial charge in [-0.15, -0.1) is 0 Å². The molecule has 0 aliphatic heterocycles. The van der Waals surface area contributed by atoms with E-state index in [1.807, 2.05) is 6.92 Å². The molecule has 3 heteroatoms. The third-order valence-electron chi connectivity index (χ3n) is 3.43. The third-order valence-corrected chi connectivity index (χ3v) is 3.43. The molecule has 1 saturated carbocycles. The highest BCUT2D eigenvalue weighted by Gasteiger charge is 2.16. The first-order valence-electron chi connectivity index (χ1n) is 6.29. The minimum absolute atomic E-state index is 0.511. The lowest BCUT2D eigenvalue weighted by atomic mass is 9.87. The lowest BCUT2D eigenvalue weighted by molar-refractivity contribution is -0.132. The van der Waals surface area contributed by atoms with Crippen molar-refractivity contribution in [2.24, 2.45) is 5.92 Å². The molecule has 0 unspecified atom stereocenters. The molecule has 1 fully saturated rings. The number of hydrogen-bond acceptors (Lipinski definition) is 2. The van der Waals surface area contributed by atoms with E-state index in [4.69, 9.17) is 5.11 Å². The maximum atomic E-state index is 10.8. The lowest BCUT2D eigenvalue weighted by Gasteiger charge is -2.26. The van der Waals surface area contributed by atoms with Crippen molar-refractivity contribution in [3.8, 4) is 0 Å². The van der Waals surface area contributed by atoms with E-state index in [1.165, 1.54) is 25.7 Å². The van der Waals surface area contributed by atoms with Gasteiger partial charge in [0.05, 0.1) is 0 Å². The van der Waals surface area contributed by atoms with Crippen molar-refractivity contribution in [2.45, 2.75) is 52.0 Å². The van der Waals surface area contributed by atoms with E-state index in [0.29, 0.717) is 24.6 Å². The Hall–Kier alpha value is -0.830. The van der Waals surface area contributed by atoms with Crippen molar-refractivity contribution in [1.29, 1.82) is 0 Å². The van der Waals surface area contributed by atoms with Crippen molar-refractivity contribution < 1.29 is 9.90 Å². The zero-order valence-corrected chi connectivity index (χ0v) is 10.3. The average molecular weight is 225 g/mol. The molecule has 16 heavy (non-hydrogen) atoms. The van der Waals surface area contributed by atoms with Crippen molar-refractivity contribution in [3.63, 3.8) is 0 Å². The van der Waals surface area contributed by atoms with E-state index >= 15 is 0 Å². The van der Waals surface area contributed by atoms with Gasteiger partial charge in [-0.1, -0.05) is 19.9 Å². The first-order valence-corrected chi connectivity index (χ1v) is 6.29. The second-order valence-corrected chi connectivity index (χ2v) is 4.75. The number of carboxylic acids is 1. The van der Waals surface area contributed by atoms with Crippen LogP contribution in [0.15, 0.2) is 11.6 Å². The highest BCUT2D eigenvalue weighted by molar-refractivity contribution is 5.86. The predicted octanol–water partition coefficient (Wildman–Crippen LogP) is 2.58. The molecule has 0 heterocycles. The van der Waals surface area contributed by atoms with E-state index in [-0.39, 0.29) is 0 Å². The minimum atomic E-state index is -0.790. The van der Waals surface area contributed by atoms with Gasteiger partial charge in [-0.3, -0.25) is 0 Å². The van der Waals surface area contributed by atoms with Crippen LogP contribution in [0.25, 0.3) is 0 Å². The van der Waals surface area contributed by atoms with E-state index in [9.17, 15) is 4.79 Å². The number of nitrogens with one attached hydrogen (secondary N) is 1. The Labute approximate surface area is 97.9 Å². The van der Waals surface area contributed by atoms with E-state index in [0.717, 1.165) is 5.92 Å². The van der Waals surface area contributed by atoms with Gasteiger partial charge in [-0.25, -0.2) is 4.79 Å². The Morgan fingerprint density at radius 3 is 2.50 bits per heavy atom. The normalized spacial score (nSPS) is 26.8. The summed E-state index contributed by atoms with van der Waals surface area (Å²) in [4.78, 5) is 10.8. The van der Waals surface area contributed by atoms with E-state index < -0.39 is 5.97 Å². The summed E-state index contributed by atoms with van der Waals surface area (Å²) < 4.78 is 0. The molecule has 0 radical (unpaired) electrons. The van der Waals surface area contributed by atoms with Crippen molar-refractivity contribution in [2.75, 3.05) is 6.54 Å². The topological polar surface area (TPSA) is 49.3 Å². The smallest absolute Gasteiger partial charge is 0.331 e. The number of rotatable bonds is 5. The second kappa shape index (κ2) is 6.69. The summed E-state index contributed by atoms with van der Waals surface area (Å²) in [6.07, 6.45) is 7.44. The van der Waals surface area contributed by atoms with Crippen molar-refractivity contribution in [1.82, 2.24) is 5.32 Å². The summed E-state index contributed by atoms with van der Waals surface area (Å²) in [7, 11) is 0. The summed E-state index contributed by atoms with van der Waals surface area (Å²) in [6, 6.07) is 0.583. The maximum absolute atomic E-state index is 10.8. The van der Waals surface area contributed by atoms with Gasteiger partial charge in [-0.2, -0.15) is 0 Å². The molecule has 92 valence electrons. The molecule has 0 atom stereocenters. The van der Waals surface area contributed by atoms with Crippen LogP contribution < -0.4 is 5.32 Å². The molecular formula is C13H23NO2. The van der Waals surface area contributed by atoms with Gasteiger partial charge < -0.3 is 10.4 Å². The molecule has 1 aliphatic rings. The van der Waals surface area contributed by atoms with Crippen LogP contribution in [-0.2, 0) is 4.79 Å². The first kappa shape index (κ1) is 13.2. The first-order chi connectivity index (χ1) is 7.63. The average Bonchev–Trinajstić information content (AvgIpc) is 2.26. The number of carboxylic acid groups (broad SMARTS) is 1. The van der Waals surface area contributed by atoms with Crippen LogP contribution in [0.4, 0.5) is 0 Å². The third kappa shape index (κ3) is 4.35. The molecule has 2 N–H and O–H groups in total. The lowest BCUT2D eigenvalue weighted by Crippen LogP contribution is -2.33. The van der Waals surface area contributed by atoms with Crippen molar-refractivity contribution >= 4 is 5.97 Å². The minimum Gasteiger partial charge on any atom is -0.478 e. The van der Waals surface area contributed by atoms with E-state index in [1.54, 1.807) is 6.08 Å². The molecule has 0 spiro atoms. The fourth-order valence-electron chi connectivity index (χ4n) is 2.20. The number of carbonyl (C=O) groups is 1. The van der Waals surface area contributed by atoms with Crippen LogP contribution in [-0.4, -0.2) is 23.7 Å². The quantitative estimate of drug-likeness (QED) is 0.707. The SMILES string of the molecule is CCC(=CCNC1CCC(C)CC1)C(=O)O. The zero-order valence-electron chi connectivity index (χ0n) is 10.3. The fraction of sp³-hybridized carbons (Fsp3) is 0.769.